The van der Waals surface area contributed by atoms with Crippen molar-refractivity contribution in [3.8, 4) is 0 Å². The molecular weight excluding hydrogens is 337 g/mol. The molecule has 1 N–H and O–H groups in total. The molecule has 0 aliphatic carbocycles. The first-order valence-corrected chi connectivity index (χ1v) is 6.07. The molecule has 2 aromatic rings. The van der Waals surface area contributed by atoms with Gasteiger partial charge in [-0.25, -0.2) is 9.18 Å². The number of carboxylic acids is 1. The van der Waals surface area contributed by atoms with E-state index in [2.05, 4.69) is 21.0 Å². The molecule has 0 spiro atoms. The molecule has 9 heteroatoms. The van der Waals surface area contributed by atoms with Crippen LogP contribution in [0.2, 0.25) is 0 Å². The Balaban J connectivity index is 2.34. The minimum absolute atomic E-state index is 0.0675. The monoisotopic (exact) mass is 343 g/mol. The highest BCUT2D eigenvalue weighted by atomic mass is 79.9. The fraction of sp³-hybridized carbons (Fsp3) is 0.0909. The molecule has 0 saturated heterocycles. The van der Waals surface area contributed by atoms with Crippen molar-refractivity contribution in [3.63, 3.8) is 0 Å². The normalized spacial score (nSPS) is 10.5. The molecule has 1 aromatic carbocycles. The first-order valence-electron chi connectivity index (χ1n) is 5.27. The number of benzene rings is 1. The Kier molecular flexibility index (Phi) is 3.79. The molecule has 0 fully saturated rings. The molecule has 0 unspecified atom stereocenters. The van der Waals surface area contributed by atoms with Gasteiger partial charge in [0.25, 0.3) is 0 Å². The fourth-order valence-corrected chi connectivity index (χ4v) is 2.06. The van der Waals surface area contributed by atoms with E-state index >= 15 is 0 Å². The highest BCUT2D eigenvalue weighted by Gasteiger charge is 2.19. The zero-order valence-electron chi connectivity index (χ0n) is 9.79. The molecule has 0 amide bonds. The number of carboxylic acid groups (broad SMARTS) is 1. The first kappa shape index (κ1) is 14.1. The summed E-state index contributed by atoms with van der Waals surface area (Å²) in [5, 5.41) is 23.2. The van der Waals surface area contributed by atoms with E-state index in [9.17, 15) is 19.3 Å². The van der Waals surface area contributed by atoms with Gasteiger partial charge >= 0.3 is 11.8 Å². The summed E-state index contributed by atoms with van der Waals surface area (Å²) in [5.41, 5.74) is 0.0110. The van der Waals surface area contributed by atoms with Crippen molar-refractivity contribution < 1.29 is 19.2 Å². The number of nitro groups is 1. The quantitative estimate of drug-likeness (QED) is 0.679. The third kappa shape index (κ3) is 2.82. The molecule has 0 aliphatic heterocycles. The third-order valence-corrected chi connectivity index (χ3v) is 3.06. The number of aromatic nitrogens is 2. The number of aromatic carboxylic acids is 1. The predicted molar refractivity (Wildman–Crippen MR) is 69.0 cm³/mol. The molecule has 20 heavy (non-hydrogen) atoms. The van der Waals surface area contributed by atoms with Gasteiger partial charge in [-0.3, -0.25) is 0 Å². The van der Waals surface area contributed by atoms with Gasteiger partial charge in [0.05, 0.1) is 23.4 Å². The summed E-state index contributed by atoms with van der Waals surface area (Å²) in [6, 6.07) is 3.34. The molecule has 2 rings (SSSR count). The van der Waals surface area contributed by atoms with E-state index in [1.54, 1.807) is 0 Å². The number of halogens is 2. The van der Waals surface area contributed by atoms with E-state index in [4.69, 9.17) is 5.11 Å². The summed E-state index contributed by atoms with van der Waals surface area (Å²) in [6.07, 6.45) is 1.32. The Morgan fingerprint density at radius 2 is 2.25 bits per heavy atom. The minimum atomic E-state index is -1.18. The number of hydrogen-bond donors (Lipinski definition) is 1. The van der Waals surface area contributed by atoms with Crippen LogP contribution in [0.1, 0.15) is 15.9 Å². The van der Waals surface area contributed by atoms with Crippen molar-refractivity contribution in [2.45, 2.75) is 6.54 Å². The van der Waals surface area contributed by atoms with Crippen LogP contribution >= 0.6 is 15.9 Å². The lowest BCUT2D eigenvalue weighted by Crippen LogP contribution is -2.06. The summed E-state index contributed by atoms with van der Waals surface area (Å²) in [6.45, 7) is -0.112. The van der Waals surface area contributed by atoms with E-state index in [1.165, 1.54) is 12.3 Å². The van der Waals surface area contributed by atoms with Gasteiger partial charge in [0.2, 0.25) is 0 Å². The molecular formula is C11H7BrFN3O4. The van der Waals surface area contributed by atoms with Crippen LogP contribution in [0.3, 0.4) is 0 Å². The fourth-order valence-electron chi connectivity index (χ4n) is 1.60. The number of carbonyl (C=O) groups is 1. The maximum atomic E-state index is 13.6. The molecule has 0 bridgehead atoms. The lowest BCUT2D eigenvalue weighted by Gasteiger charge is -2.02. The van der Waals surface area contributed by atoms with E-state index in [1.807, 2.05) is 0 Å². The summed E-state index contributed by atoms with van der Waals surface area (Å²) < 4.78 is 14.9. The predicted octanol–water partition coefficient (Wildman–Crippen LogP) is 2.44. The lowest BCUT2D eigenvalue weighted by atomic mass is 10.1. The maximum absolute atomic E-state index is 13.6. The molecule has 0 aliphatic rings. The van der Waals surface area contributed by atoms with Gasteiger partial charge < -0.3 is 15.2 Å². The summed E-state index contributed by atoms with van der Waals surface area (Å²) >= 11 is 2.97. The van der Waals surface area contributed by atoms with Gasteiger partial charge in [0, 0.05) is 5.56 Å². The molecule has 7 nitrogen and oxygen atoms in total. The van der Waals surface area contributed by atoms with Gasteiger partial charge in [0.15, 0.2) is 0 Å². The highest BCUT2D eigenvalue weighted by molar-refractivity contribution is 9.10. The minimum Gasteiger partial charge on any atom is -0.478 e. The first-order chi connectivity index (χ1) is 9.38. The van der Waals surface area contributed by atoms with Gasteiger partial charge in [-0.2, -0.15) is 4.68 Å². The molecule has 104 valence electrons. The van der Waals surface area contributed by atoms with Crippen LogP contribution in [0.4, 0.5) is 10.2 Å². The Morgan fingerprint density at radius 1 is 1.55 bits per heavy atom. The molecule has 0 atom stereocenters. The van der Waals surface area contributed by atoms with Crippen LogP contribution in [-0.4, -0.2) is 25.8 Å². The van der Waals surface area contributed by atoms with Crippen molar-refractivity contribution >= 4 is 27.7 Å². The van der Waals surface area contributed by atoms with Crippen molar-refractivity contribution in [3.05, 3.63) is 55.9 Å². The SMILES string of the molecule is O=C(O)c1ccc(F)c(Cn2cc(Br)c([N+](=O)[O-])n2)c1. The zero-order chi connectivity index (χ0) is 14.9. The molecule has 1 aromatic heterocycles. The van der Waals surface area contributed by atoms with E-state index < -0.39 is 16.7 Å². The second-order valence-electron chi connectivity index (χ2n) is 3.87. The third-order valence-electron chi connectivity index (χ3n) is 2.50. The second-order valence-corrected chi connectivity index (χ2v) is 4.72. The number of hydrogen-bond acceptors (Lipinski definition) is 4. The zero-order valence-corrected chi connectivity index (χ0v) is 11.4. The second kappa shape index (κ2) is 5.37. The van der Waals surface area contributed by atoms with Crippen LogP contribution in [0.5, 0.6) is 0 Å². The van der Waals surface area contributed by atoms with Crippen molar-refractivity contribution in [2.75, 3.05) is 0 Å². The Hall–Kier alpha value is -2.29. The molecule has 0 radical (unpaired) electrons. The standard InChI is InChI=1S/C11H7BrFN3O4/c12-8-5-15(14-10(8)16(19)20)4-7-3-6(11(17)18)1-2-9(7)13/h1-3,5H,4H2,(H,17,18). The summed E-state index contributed by atoms with van der Waals surface area (Å²) in [4.78, 5) is 20.8. The van der Waals surface area contributed by atoms with Crippen LogP contribution in [-0.2, 0) is 6.54 Å². The van der Waals surface area contributed by atoms with E-state index in [-0.39, 0.29) is 28.0 Å². The van der Waals surface area contributed by atoms with Gasteiger partial charge in [-0.15, -0.1) is 0 Å². The largest absolute Gasteiger partial charge is 0.478 e. The van der Waals surface area contributed by atoms with Gasteiger partial charge in [0.1, 0.15) is 10.3 Å². The lowest BCUT2D eigenvalue weighted by molar-refractivity contribution is -0.390. The summed E-state index contributed by atoms with van der Waals surface area (Å²) in [5.74, 6) is -2.18. The van der Waals surface area contributed by atoms with Gasteiger partial charge in [-0.05, 0) is 39.1 Å². The number of rotatable bonds is 4. The maximum Gasteiger partial charge on any atom is 0.404 e. The Morgan fingerprint density at radius 3 is 2.80 bits per heavy atom. The smallest absolute Gasteiger partial charge is 0.404 e. The van der Waals surface area contributed by atoms with Crippen LogP contribution in [0.15, 0.2) is 28.9 Å². The number of nitrogens with zero attached hydrogens (tertiary/aromatic N) is 3. The average Bonchev–Trinajstić information content (AvgIpc) is 2.73. The van der Waals surface area contributed by atoms with Crippen LogP contribution in [0, 0.1) is 15.9 Å². The molecule has 1 heterocycles. The van der Waals surface area contributed by atoms with Crippen molar-refractivity contribution in [1.29, 1.82) is 0 Å². The van der Waals surface area contributed by atoms with Crippen molar-refractivity contribution in [2.24, 2.45) is 0 Å². The summed E-state index contributed by atoms with van der Waals surface area (Å²) in [7, 11) is 0. The Labute approximate surface area is 119 Å². The highest BCUT2D eigenvalue weighted by Crippen LogP contribution is 2.23. The van der Waals surface area contributed by atoms with Crippen LogP contribution in [0.25, 0.3) is 0 Å². The van der Waals surface area contributed by atoms with E-state index in [0.717, 1.165) is 16.8 Å². The Bertz CT molecular complexity index is 701. The van der Waals surface area contributed by atoms with Gasteiger partial charge in [-0.1, -0.05) is 0 Å². The van der Waals surface area contributed by atoms with Crippen LogP contribution < -0.4 is 0 Å². The topological polar surface area (TPSA) is 98.3 Å². The van der Waals surface area contributed by atoms with E-state index in [0.29, 0.717) is 0 Å². The van der Waals surface area contributed by atoms with Crippen molar-refractivity contribution in [1.82, 2.24) is 9.78 Å². The molecule has 0 saturated carbocycles. The average molecular weight is 344 g/mol.